The standard InChI is InChI=1S/C20H28N2O2/c1-22(12-11-17-7-4-3-5-8-17)15-19(16-23)21-14-18-9-6-10-20(13-18)24-2/h3-10,13,19,21,23H,11-12,14-16H2,1-2H3/t19-/m1/s1. The summed E-state index contributed by atoms with van der Waals surface area (Å²) in [6, 6.07) is 18.5. The summed E-state index contributed by atoms with van der Waals surface area (Å²) in [7, 11) is 3.77. The monoisotopic (exact) mass is 328 g/mol. The highest BCUT2D eigenvalue weighted by atomic mass is 16.5. The normalized spacial score (nSPS) is 12.3. The van der Waals surface area contributed by atoms with Gasteiger partial charge < -0.3 is 20.1 Å². The summed E-state index contributed by atoms with van der Waals surface area (Å²) < 4.78 is 5.24. The topological polar surface area (TPSA) is 44.7 Å². The van der Waals surface area contributed by atoms with Gasteiger partial charge in [-0.15, -0.1) is 0 Å². The third kappa shape index (κ3) is 6.32. The highest BCUT2D eigenvalue weighted by molar-refractivity contribution is 5.28. The molecule has 0 aliphatic rings. The molecule has 4 nitrogen and oxygen atoms in total. The van der Waals surface area contributed by atoms with Gasteiger partial charge >= 0.3 is 0 Å². The number of rotatable bonds is 10. The molecule has 0 unspecified atom stereocenters. The fourth-order valence-corrected chi connectivity index (χ4v) is 2.66. The maximum Gasteiger partial charge on any atom is 0.119 e. The Hall–Kier alpha value is -1.88. The molecular weight excluding hydrogens is 300 g/mol. The Labute approximate surface area is 145 Å². The van der Waals surface area contributed by atoms with Gasteiger partial charge in [0.05, 0.1) is 13.7 Å². The van der Waals surface area contributed by atoms with Crippen LogP contribution in [0.1, 0.15) is 11.1 Å². The maximum absolute atomic E-state index is 9.63. The van der Waals surface area contributed by atoms with Crippen LogP contribution in [0.25, 0.3) is 0 Å². The van der Waals surface area contributed by atoms with Crippen molar-refractivity contribution in [3.63, 3.8) is 0 Å². The zero-order valence-corrected chi connectivity index (χ0v) is 14.6. The molecule has 24 heavy (non-hydrogen) atoms. The molecule has 2 rings (SSSR count). The first kappa shape index (κ1) is 18.5. The molecule has 0 bridgehead atoms. The second-order valence-corrected chi connectivity index (χ2v) is 6.11. The second-order valence-electron chi connectivity index (χ2n) is 6.11. The minimum absolute atomic E-state index is 0.0528. The van der Waals surface area contributed by atoms with Crippen molar-refractivity contribution in [2.75, 3.05) is 33.9 Å². The molecular formula is C20H28N2O2. The highest BCUT2D eigenvalue weighted by Crippen LogP contribution is 2.12. The van der Waals surface area contributed by atoms with Gasteiger partial charge in [-0.25, -0.2) is 0 Å². The predicted octanol–water partition coefficient (Wildman–Crippen LogP) is 2.32. The molecule has 2 N–H and O–H groups in total. The fourth-order valence-electron chi connectivity index (χ4n) is 2.66. The number of hydrogen-bond acceptors (Lipinski definition) is 4. The lowest BCUT2D eigenvalue weighted by Gasteiger charge is -2.24. The van der Waals surface area contributed by atoms with E-state index < -0.39 is 0 Å². The van der Waals surface area contributed by atoms with E-state index in [4.69, 9.17) is 4.74 Å². The molecule has 0 heterocycles. The smallest absolute Gasteiger partial charge is 0.119 e. The molecule has 2 aromatic carbocycles. The van der Waals surface area contributed by atoms with E-state index in [9.17, 15) is 5.11 Å². The Bertz CT molecular complexity index is 589. The van der Waals surface area contributed by atoms with Crippen LogP contribution in [-0.2, 0) is 13.0 Å². The van der Waals surface area contributed by atoms with Crippen molar-refractivity contribution < 1.29 is 9.84 Å². The van der Waals surface area contributed by atoms with Gasteiger partial charge in [0.1, 0.15) is 5.75 Å². The number of ether oxygens (including phenoxy) is 1. The SMILES string of the molecule is COc1cccc(CN[C@@H](CO)CN(C)CCc2ccccc2)c1. The molecule has 0 aromatic heterocycles. The van der Waals surface area contributed by atoms with Crippen molar-refractivity contribution in [1.82, 2.24) is 10.2 Å². The van der Waals surface area contributed by atoms with E-state index in [0.29, 0.717) is 0 Å². The van der Waals surface area contributed by atoms with Crippen LogP contribution < -0.4 is 10.1 Å². The third-order valence-corrected chi connectivity index (χ3v) is 4.11. The van der Waals surface area contributed by atoms with Crippen LogP contribution in [0.15, 0.2) is 54.6 Å². The molecule has 0 amide bonds. The number of likely N-dealkylation sites (N-methyl/N-ethyl adjacent to an activating group) is 1. The zero-order chi connectivity index (χ0) is 17.2. The minimum atomic E-state index is 0.0528. The molecule has 2 aromatic rings. The summed E-state index contributed by atoms with van der Waals surface area (Å²) in [6.07, 6.45) is 1.02. The zero-order valence-electron chi connectivity index (χ0n) is 14.6. The Morgan fingerprint density at radius 3 is 2.54 bits per heavy atom. The lowest BCUT2D eigenvalue weighted by molar-refractivity contribution is 0.198. The number of nitrogens with zero attached hydrogens (tertiary/aromatic N) is 1. The minimum Gasteiger partial charge on any atom is -0.497 e. The number of methoxy groups -OCH3 is 1. The van der Waals surface area contributed by atoms with E-state index in [2.05, 4.69) is 47.6 Å². The van der Waals surface area contributed by atoms with E-state index in [0.717, 1.165) is 37.4 Å². The summed E-state index contributed by atoms with van der Waals surface area (Å²) in [5.41, 5.74) is 2.49. The predicted molar refractivity (Wildman–Crippen MR) is 98.4 cm³/mol. The second kappa shape index (κ2) is 10.1. The summed E-state index contributed by atoms with van der Waals surface area (Å²) in [6.45, 7) is 2.63. The Balaban J connectivity index is 1.76. The Morgan fingerprint density at radius 1 is 1.08 bits per heavy atom. The van der Waals surface area contributed by atoms with Gasteiger partial charge in [-0.1, -0.05) is 42.5 Å². The van der Waals surface area contributed by atoms with Gasteiger partial charge in [-0.3, -0.25) is 0 Å². The highest BCUT2D eigenvalue weighted by Gasteiger charge is 2.10. The van der Waals surface area contributed by atoms with Crippen molar-refractivity contribution in [3.05, 3.63) is 65.7 Å². The average molecular weight is 328 g/mol. The van der Waals surface area contributed by atoms with Gasteiger partial charge in [0.25, 0.3) is 0 Å². The number of nitrogens with one attached hydrogen (secondary N) is 1. The molecule has 0 spiro atoms. The Morgan fingerprint density at radius 2 is 1.83 bits per heavy atom. The Kier molecular flexibility index (Phi) is 7.75. The summed E-state index contributed by atoms with van der Waals surface area (Å²) in [4.78, 5) is 2.26. The van der Waals surface area contributed by atoms with Gasteiger partial charge in [0, 0.05) is 25.7 Å². The number of aliphatic hydroxyl groups excluding tert-OH is 1. The van der Waals surface area contributed by atoms with Crippen LogP contribution >= 0.6 is 0 Å². The first-order valence-corrected chi connectivity index (χ1v) is 8.41. The van der Waals surface area contributed by atoms with Crippen LogP contribution in [-0.4, -0.2) is 49.9 Å². The summed E-state index contributed by atoms with van der Waals surface area (Å²) >= 11 is 0. The van der Waals surface area contributed by atoms with E-state index in [1.807, 2.05) is 24.3 Å². The lowest BCUT2D eigenvalue weighted by Crippen LogP contribution is -2.42. The van der Waals surface area contributed by atoms with E-state index in [-0.39, 0.29) is 12.6 Å². The lowest BCUT2D eigenvalue weighted by atomic mass is 10.1. The van der Waals surface area contributed by atoms with Gasteiger partial charge in [-0.2, -0.15) is 0 Å². The third-order valence-electron chi connectivity index (χ3n) is 4.11. The van der Waals surface area contributed by atoms with Crippen molar-refractivity contribution in [2.24, 2.45) is 0 Å². The van der Waals surface area contributed by atoms with Gasteiger partial charge in [0.2, 0.25) is 0 Å². The van der Waals surface area contributed by atoms with Crippen LogP contribution in [0.5, 0.6) is 5.75 Å². The van der Waals surface area contributed by atoms with E-state index in [1.54, 1.807) is 7.11 Å². The van der Waals surface area contributed by atoms with Crippen molar-refractivity contribution >= 4 is 0 Å². The van der Waals surface area contributed by atoms with Crippen LogP contribution in [0.2, 0.25) is 0 Å². The van der Waals surface area contributed by atoms with Crippen LogP contribution in [0.4, 0.5) is 0 Å². The number of aliphatic hydroxyl groups is 1. The van der Waals surface area contributed by atoms with Crippen molar-refractivity contribution in [2.45, 2.75) is 19.0 Å². The summed E-state index contributed by atoms with van der Waals surface area (Å²) in [5.74, 6) is 0.856. The fraction of sp³-hybridized carbons (Fsp3) is 0.400. The van der Waals surface area contributed by atoms with Crippen LogP contribution in [0.3, 0.4) is 0 Å². The average Bonchev–Trinajstić information content (AvgIpc) is 2.64. The first-order valence-electron chi connectivity index (χ1n) is 8.41. The van der Waals surface area contributed by atoms with E-state index >= 15 is 0 Å². The molecule has 4 heteroatoms. The molecule has 1 atom stereocenters. The maximum atomic E-state index is 9.63. The first-order chi connectivity index (χ1) is 11.7. The quantitative estimate of drug-likeness (QED) is 0.703. The molecule has 0 fully saturated rings. The molecule has 0 aliphatic heterocycles. The van der Waals surface area contributed by atoms with Gasteiger partial charge in [0.15, 0.2) is 0 Å². The molecule has 0 saturated carbocycles. The van der Waals surface area contributed by atoms with Crippen molar-refractivity contribution in [1.29, 1.82) is 0 Å². The van der Waals surface area contributed by atoms with Gasteiger partial charge in [-0.05, 0) is 36.7 Å². The molecule has 0 radical (unpaired) electrons. The van der Waals surface area contributed by atoms with E-state index in [1.165, 1.54) is 5.56 Å². The molecule has 0 aliphatic carbocycles. The number of benzene rings is 2. The molecule has 0 saturated heterocycles. The summed E-state index contributed by atoms with van der Waals surface area (Å²) in [5, 5.41) is 13.0. The molecule has 130 valence electrons. The van der Waals surface area contributed by atoms with Crippen molar-refractivity contribution in [3.8, 4) is 5.75 Å². The number of hydrogen-bond donors (Lipinski definition) is 2. The van der Waals surface area contributed by atoms with Crippen LogP contribution in [0, 0.1) is 0 Å². The largest absolute Gasteiger partial charge is 0.497 e.